The lowest BCUT2D eigenvalue weighted by Crippen LogP contribution is -2.26. The van der Waals surface area contributed by atoms with Crippen molar-refractivity contribution in [3.05, 3.63) is 71.3 Å². The Morgan fingerprint density at radius 1 is 0.871 bits per heavy atom. The molecule has 0 atom stereocenters. The minimum atomic E-state index is 0.516. The molecule has 2 nitrogen and oxygen atoms in total. The van der Waals surface area contributed by atoms with Gasteiger partial charge in [-0.3, -0.25) is 0 Å². The topological polar surface area (TPSA) is 24.7 Å². The monoisotopic (exact) mass is 416 g/mol. The van der Waals surface area contributed by atoms with Gasteiger partial charge < -0.3 is 0 Å². The summed E-state index contributed by atoms with van der Waals surface area (Å²) >= 11 is 0. The Labute approximate surface area is 189 Å². The second-order valence-electron chi connectivity index (χ2n) is 9.14. The van der Waals surface area contributed by atoms with E-state index in [1.54, 1.807) is 0 Å². The van der Waals surface area contributed by atoms with Crippen LogP contribution in [0.15, 0.2) is 64.8 Å². The molecule has 0 aromatic heterocycles. The van der Waals surface area contributed by atoms with Crippen LogP contribution < -0.4 is 0 Å². The van der Waals surface area contributed by atoms with Gasteiger partial charge in [0.25, 0.3) is 0 Å². The van der Waals surface area contributed by atoms with Crippen LogP contribution in [0.1, 0.15) is 88.8 Å². The van der Waals surface area contributed by atoms with Gasteiger partial charge in [0.1, 0.15) is 0 Å². The zero-order chi connectivity index (χ0) is 21.9. The standard InChI is InChI=1S/C29H40N2/c1-4-10-25(11-5-2)26-18-20-28(21-19-26)29(27-12-8-7-9-13-27)31-30-22-24-16-14-23(6-3)15-17-24/h7-9,12-17,22,25-26,28H,4-6,10-11,18-21H2,1-3H3/t26-,28-. The molecule has 2 aromatic carbocycles. The maximum absolute atomic E-state index is 4.78. The second-order valence-corrected chi connectivity index (χ2v) is 9.14. The molecule has 0 bridgehead atoms. The van der Waals surface area contributed by atoms with Crippen LogP contribution in [-0.4, -0.2) is 11.9 Å². The lowest BCUT2D eigenvalue weighted by Gasteiger charge is -2.34. The van der Waals surface area contributed by atoms with Crippen LogP contribution >= 0.6 is 0 Å². The highest BCUT2D eigenvalue weighted by molar-refractivity contribution is 6.02. The number of rotatable bonds is 10. The van der Waals surface area contributed by atoms with E-state index in [1.165, 1.54) is 68.2 Å². The zero-order valence-corrected chi connectivity index (χ0v) is 19.8. The molecule has 166 valence electrons. The molecule has 0 aliphatic heterocycles. The Hall–Kier alpha value is -2.22. The van der Waals surface area contributed by atoms with Crippen molar-refractivity contribution < 1.29 is 0 Å². The van der Waals surface area contributed by atoms with E-state index in [0.29, 0.717) is 5.92 Å². The van der Waals surface area contributed by atoms with Crippen molar-refractivity contribution in [1.82, 2.24) is 0 Å². The van der Waals surface area contributed by atoms with Gasteiger partial charge in [-0.2, -0.15) is 10.2 Å². The van der Waals surface area contributed by atoms with E-state index < -0.39 is 0 Å². The van der Waals surface area contributed by atoms with Gasteiger partial charge in [-0.15, -0.1) is 0 Å². The van der Waals surface area contributed by atoms with Crippen LogP contribution in [0.2, 0.25) is 0 Å². The van der Waals surface area contributed by atoms with Crippen molar-refractivity contribution in [3.8, 4) is 0 Å². The Morgan fingerprint density at radius 2 is 1.52 bits per heavy atom. The maximum atomic E-state index is 4.78. The lowest BCUT2D eigenvalue weighted by molar-refractivity contribution is 0.206. The third-order valence-electron chi connectivity index (χ3n) is 6.97. The summed E-state index contributed by atoms with van der Waals surface area (Å²) in [4.78, 5) is 0. The Morgan fingerprint density at radius 3 is 2.10 bits per heavy atom. The minimum absolute atomic E-state index is 0.516. The van der Waals surface area contributed by atoms with Crippen LogP contribution in [0.4, 0.5) is 0 Å². The molecule has 0 spiro atoms. The van der Waals surface area contributed by atoms with E-state index in [-0.39, 0.29) is 0 Å². The fraction of sp³-hybridized carbons (Fsp3) is 0.517. The second kappa shape index (κ2) is 12.6. The molecule has 0 unspecified atom stereocenters. The molecule has 31 heavy (non-hydrogen) atoms. The summed E-state index contributed by atoms with van der Waals surface area (Å²) in [5, 5.41) is 9.31. The normalized spacial score (nSPS) is 19.9. The fourth-order valence-corrected chi connectivity index (χ4v) is 5.20. The average molecular weight is 417 g/mol. The fourth-order valence-electron chi connectivity index (χ4n) is 5.20. The first-order valence-electron chi connectivity index (χ1n) is 12.5. The molecule has 1 aliphatic carbocycles. The van der Waals surface area contributed by atoms with Crippen molar-refractivity contribution in [2.24, 2.45) is 28.0 Å². The molecule has 1 fully saturated rings. The summed E-state index contributed by atoms with van der Waals surface area (Å²) in [7, 11) is 0. The van der Waals surface area contributed by atoms with Gasteiger partial charge in [0.15, 0.2) is 0 Å². The highest BCUT2D eigenvalue weighted by atomic mass is 15.2. The van der Waals surface area contributed by atoms with Gasteiger partial charge in [0.05, 0.1) is 11.9 Å². The quantitative estimate of drug-likeness (QED) is 0.276. The molecule has 1 saturated carbocycles. The number of nitrogens with zero attached hydrogens (tertiary/aromatic N) is 2. The molecule has 1 aliphatic rings. The van der Waals surface area contributed by atoms with Gasteiger partial charge in [0.2, 0.25) is 0 Å². The number of aryl methyl sites for hydroxylation is 1. The SMILES string of the molecule is CCCC(CCC)[C@H]1CC[C@H](C(=NN=Cc2ccc(CC)cc2)c2ccccc2)CC1. The van der Waals surface area contributed by atoms with Crippen LogP contribution in [0.25, 0.3) is 0 Å². The summed E-state index contributed by atoms with van der Waals surface area (Å²) < 4.78 is 0. The summed E-state index contributed by atoms with van der Waals surface area (Å²) in [6.45, 7) is 6.85. The van der Waals surface area contributed by atoms with Gasteiger partial charge in [0, 0.05) is 5.92 Å². The van der Waals surface area contributed by atoms with Gasteiger partial charge in [-0.05, 0) is 60.6 Å². The molecular formula is C29H40N2. The Bertz CT molecular complexity index is 806. The predicted octanol–water partition coefficient (Wildman–Crippen LogP) is 8.10. The first-order chi connectivity index (χ1) is 15.2. The number of hydrogen-bond donors (Lipinski definition) is 0. The molecule has 0 N–H and O–H groups in total. The molecular weight excluding hydrogens is 376 g/mol. The van der Waals surface area contributed by atoms with Crippen LogP contribution in [-0.2, 0) is 6.42 Å². The van der Waals surface area contributed by atoms with Crippen molar-refractivity contribution in [2.45, 2.75) is 78.6 Å². The van der Waals surface area contributed by atoms with E-state index in [1.807, 2.05) is 6.21 Å². The van der Waals surface area contributed by atoms with E-state index in [2.05, 4.69) is 80.5 Å². The zero-order valence-electron chi connectivity index (χ0n) is 19.8. The molecule has 2 heteroatoms. The molecule has 0 heterocycles. The highest BCUT2D eigenvalue weighted by Gasteiger charge is 2.29. The minimum Gasteiger partial charge on any atom is -0.158 e. The van der Waals surface area contributed by atoms with E-state index in [4.69, 9.17) is 5.10 Å². The van der Waals surface area contributed by atoms with Crippen molar-refractivity contribution in [2.75, 3.05) is 0 Å². The third kappa shape index (κ3) is 6.89. The summed E-state index contributed by atoms with van der Waals surface area (Å²) in [5.41, 5.74) is 4.86. The molecule has 0 amide bonds. The van der Waals surface area contributed by atoms with Gasteiger partial charge in [-0.1, -0.05) is 101 Å². The first kappa shape index (κ1) is 23.4. The van der Waals surface area contributed by atoms with Crippen molar-refractivity contribution >= 4 is 11.9 Å². The van der Waals surface area contributed by atoms with E-state index in [0.717, 1.165) is 23.8 Å². The largest absolute Gasteiger partial charge is 0.158 e. The maximum Gasteiger partial charge on any atom is 0.0733 e. The van der Waals surface area contributed by atoms with Gasteiger partial charge in [-0.25, -0.2) is 0 Å². The summed E-state index contributed by atoms with van der Waals surface area (Å²) in [6, 6.07) is 19.3. The molecule has 0 radical (unpaired) electrons. The number of benzene rings is 2. The predicted molar refractivity (Wildman–Crippen MR) is 135 cm³/mol. The smallest absolute Gasteiger partial charge is 0.0733 e. The molecule has 0 saturated heterocycles. The summed E-state index contributed by atoms with van der Waals surface area (Å²) in [6.07, 6.45) is 13.5. The summed E-state index contributed by atoms with van der Waals surface area (Å²) in [5.74, 6) is 2.33. The lowest BCUT2D eigenvalue weighted by atomic mass is 9.71. The third-order valence-corrected chi connectivity index (χ3v) is 6.97. The van der Waals surface area contributed by atoms with Crippen molar-refractivity contribution in [1.29, 1.82) is 0 Å². The highest BCUT2D eigenvalue weighted by Crippen LogP contribution is 2.38. The Kier molecular flexibility index (Phi) is 9.52. The van der Waals surface area contributed by atoms with Crippen LogP contribution in [0.5, 0.6) is 0 Å². The average Bonchev–Trinajstić information content (AvgIpc) is 2.83. The first-order valence-corrected chi connectivity index (χ1v) is 12.5. The molecule has 2 aromatic rings. The molecule has 3 rings (SSSR count). The van der Waals surface area contributed by atoms with Gasteiger partial charge >= 0.3 is 0 Å². The van der Waals surface area contributed by atoms with E-state index in [9.17, 15) is 0 Å². The Balaban J connectivity index is 1.72. The van der Waals surface area contributed by atoms with Crippen LogP contribution in [0.3, 0.4) is 0 Å². The van der Waals surface area contributed by atoms with Crippen molar-refractivity contribution in [3.63, 3.8) is 0 Å². The van der Waals surface area contributed by atoms with E-state index >= 15 is 0 Å². The number of hydrogen-bond acceptors (Lipinski definition) is 2. The van der Waals surface area contributed by atoms with Crippen LogP contribution in [0, 0.1) is 17.8 Å².